The van der Waals surface area contributed by atoms with Crippen molar-refractivity contribution in [3.63, 3.8) is 0 Å². The fraction of sp³-hybridized carbons (Fsp3) is 0.500. The van der Waals surface area contributed by atoms with Gasteiger partial charge in [0.15, 0.2) is 5.82 Å². The topological polar surface area (TPSA) is 64.9 Å². The van der Waals surface area contributed by atoms with Crippen LogP contribution in [0.5, 0.6) is 0 Å². The van der Waals surface area contributed by atoms with Crippen LogP contribution in [0.25, 0.3) is 11.5 Å². The highest BCUT2D eigenvalue weighted by atomic mass is 16.5. The van der Waals surface area contributed by atoms with Crippen LogP contribution in [0.2, 0.25) is 0 Å². The number of ether oxygens (including phenoxy) is 1. The molecule has 3 rings (SSSR count). The zero-order chi connectivity index (χ0) is 13.9. The molecule has 1 aliphatic rings. The smallest absolute Gasteiger partial charge is 0.182 e. The van der Waals surface area contributed by atoms with Crippen LogP contribution in [-0.2, 0) is 24.8 Å². The number of hydrogen-bond acceptors (Lipinski definition) is 5. The van der Waals surface area contributed by atoms with Crippen LogP contribution in [0.4, 0.5) is 5.82 Å². The van der Waals surface area contributed by atoms with Crippen LogP contribution in [0, 0.1) is 0 Å². The summed E-state index contributed by atoms with van der Waals surface area (Å²) in [7, 11) is 1.89. The molecular formula is C14H19N5O. The van der Waals surface area contributed by atoms with Gasteiger partial charge in [-0.1, -0.05) is 6.92 Å². The molecule has 0 unspecified atom stereocenters. The molecule has 0 bridgehead atoms. The zero-order valence-electron chi connectivity index (χ0n) is 11.9. The van der Waals surface area contributed by atoms with E-state index in [0.29, 0.717) is 12.4 Å². The van der Waals surface area contributed by atoms with Gasteiger partial charge in [-0.15, -0.1) is 0 Å². The fourth-order valence-corrected chi connectivity index (χ4v) is 2.27. The molecule has 0 atom stereocenters. The Bertz CT molecular complexity index is 608. The maximum absolute atomic E-state index is 5.53. The monoisotopic (exact) mass is 273 g/mol. The van der Waals surface area contributed by atoms with Gasteiger partial charge in [0.25, 0.3) is 0 Å². The van der Waals surface area contributed by atoms with Gasteiger partial charge in [-0.2, -0.15) is 5.10 Å². The van der Waals surface area contributed by atoms with Gasteiger partial charge >= 0.3 is 0 Å². The number of nitrogens with zero attached hydrogens (tertiary/aromatic N) is 4. The van der Waals surface area contributed by atoms with Gasteiger partial charge in [0.1, 0.15) is 11.5 Å². The summed E-state index contributed by atoms with van der Waals surface area (Å²) in [6.07, 6.45) is 3.79. The van der Waals surface area contributed by atoms with E-state index in [1.807, 2.05) is 19.3 Å². The van der Waals surface area contributed by atoms with Crippen LogP contribution in [0.15, 0.2) is 12.3 Å². The number of rotatable bonds is 4. The minimum atomic E-state index is 0.587. The molecule has 6 nitrogen and oxygen atoms in total. The quantitative estimate of drug-likeness (QED) is 0.919. The van der Waals surface area contributed by atoms with E-state index in [1.165, 1.54) is 0 Å². The number of nitrogens with one attached hydrogen (secondary N) is 1. The van der Waals surface area contributed by atoms with E-state index in [9.17, 15) is 0 Å². The summed E-state index contributed by atoms with van der Waals surface area (Å²) in [5, 5.41) is 7.76. The molecule has 1 aliphatic heterocycles. The number of hydrogen-bond donors (Lipinski definition) is 1. The minimum absolute atomic E-state index is 0.587. The highest BCUT2D eigenvalue weighted by Crippen LogP contribution is 2.25. The highest BCUT2D eigenvalue weighted by Gasteiger charge is 2.19. The number of aromatic nitrogens is 4. The molecule has 0 aliphatic carbocycles. The number of fused-ring (bicyclic) bond motifs is 1. The molecule has 20 heavy (non-hydrogen) atoms. The summed E-state index contributed by atoms with van der Waals surface area (Å²) < 4.78 is 7.29. The van der Waals surface area contributed by atoms with Crippen LogP contribution < -0.4 is 5.32 Å². The standard InChI is InChI=1S/C14H19N5O/c1-3-6-15-13-10-9-20-8-5-11(10)16-14(17-13)12-4-7-19(2)18-12/h4,7H,3,5-6,8-9H2,1-2H3,(H,15,16,17). The van der Waals surface area contributed by atoms with Crippen molar-refractivity contribution >= 4 is 5.82 Å². The molecule has 106 valence electrons. The first kappa shape index (κ1) is 13.1. The van der Waals surface area contributed by atoms with E-state index in [-0.39, 0.29) is 0 Å². The first-order chi connectivity index (χ1) is 9.78. The van der Waals surface area contributed by atoms with Gasteiger partial charge in [0.2, 0.25) is 0 Å². The Morgan fingerprint density at radius 3 is 3.05 bits per heavy atom. The van der Waals surface area contributed by atoms with Crippen molar-refractivity contribution in [2.75, 3.05) is 18.5 Å². The van der Waals surface area contributed by atoms with E-state index in [0.717, 1.165) is 48.8 Å². The van der Waals surface area contributed by atoms with Crippen LogP contribution >= 0.6 is 0 Å². The Kier molecular flexibility index (Phi) is 3.64. The van der Waals surface area contributed by atoms with Crippen molar-refractivity contribution in [2.45, 2.75) is 26.4 Å². The second-order valence-electron chi connectivity index (χ2n) is 4.93. The SMILES string of the molecule is CCCNc1nc(-c2ccn(C)n2)nc2c1COCC2. The molecule has 6 heteroatoms. The fourth-order valence-electron chi connectivity index (χ4n) is 2.27. The summed E-state index contributed by atoms with van der Waals surface area (Å²) in [5.41, 5.74) is 2.97. The maximum Gasteiger partial charge on any atom is 0.182 e. The average Bonchev–Trinajstić information content (AvgIpc) is 2.91. The molecule has 2 aromatic rings. The predicted molar refractivity (Wildman–Crippen MR) is 76.4 cm³/mol. The second kappa shape index (κ2) is 5.58. The third-order valence-electron chi connectivity index (χ3n) is 3.31. The Morgan fingerprint density at radius 2 is 2.30 bits per heavy atom. The Morgan fingerprint density at radius 1 is 1.40 bits per heavy atom. The third kappa shape index (κ3) is 2.51. The Labute approximate surface area is 118 Å². The lowest BCUT2D eigenvalue weighted by atomic mass is 10.1. The highest BCUT2D eigenvalue weighted by molar-refractivity contribution is 5.56. The normalized spacial score (nSPS) is 14.1. The largest absolute Gasteiger partial charge is 0.376 e. The summed E-state index contributed by atoms with van der Waals surface area (Å²) in [6.45, 7) is 4.34. The van der Waals surface area contributed by atoms with Gasteiger partial charge in [-0.05, 0) is 12.5 Å². The number of aryl methyl sites for hydroxylation is 1. The van der Waals surface area contributed by atoms with Crippen LogP contribution in [-0.4, -0.2) is 32.9 Å². The Balaban J connectivity index is 2.03. The molecule has 0 saturated carbocycles. The Hall–Kier alpha value is -1.95. The van der Waals surface area contributed by atoms with Gasteiger partial charge in [-0.3, -0.25) is 4.68 Å². The molecule has 1 N–H and O–H groups in total. The lowest BCUT2D eigenvalue weighted by Gasteiger charge is -2.19. The minimum Gasteiger partial charge on any atom is -0.376 e. The van der Waals surface area contributed by atoms with Crippen LogP contribution in [0.1, 0.15) is 24.6 Å². The lowest BCUT2D eigenvalue weighted by molar-refractivity contribution is 0.109. The molecule has 0 saturated heterocycles. The van der Waals surface area contributed by atoms with Crippen molar-refractivity contribution in [3.05, 3.63) is 23.5 Å². The summed E-state index contributed by atoms with van der Waals surface area (Å²) >= 11 is 0. The molecule has 0 amide bonds. The van der Waals surface area contributed by atoms with Crippen molar-refractivity contribution in [1.82, 2.24) is 19.7 Å². The van der Waals surface area contributed by atoms with E-state index in [1.54, 1.807) is 4.68 Å². The summed E-state index contributed by atoms with van der Waals surface area (Å²) in [4.78, 5) is 9.29. The molecule has 3 heterocycles. The summed E-state index contributed by atoms with van der Waals surface area (Å²) in [5.74, 6) is 1.57. The van der Waals surface area contributed by atoms with E-state index < -0.39 is 0 Å². The first-order valence-corrected chi connectivity index (χ1v) is 6.99. The first-order valence-electron chi connectivity index (χ1n) is 6.99. The van der Waals surface area contributed by atoms with Gasteiger partial charge in [0, 0.05) is 31.8 Å². The number of anilines is 1. The van der Waals surface area contributed by atoms with Gasteiger partial charge < -0.3 is 10.1 Å². The van der Waals surface area contributed by atoms with Gasteiger partial charge in [-0.25, -0.2) is 9.97 Å². The molecular weight excluding hydrogens is 254 g/mol. The lowest BCUT2D eigenvalue weighted by Crippen LogP contribution is -2.17. The third-order valence-corrected chi connectivity index (χ3v) is 3.31. The van der Waals surface area contributed by atoms with Gasteiger partial charge in [0.05, 0.1) is 18.9 Å². The molecule has 0 aromatic carbocycles. The summed E-state index contributed by atoms with van der Waals surface area (Å²) in [6, 6.07) is 1.94. The molecule has 0 radical (unpaired) electrons. The van der Waals surface area contributed by atoms with Crippen molar-refractivity contribution in [2.24, 2.45) is 7.05 Å². The van der Waals surface area contributed by atoms with Crippen molar-refractivity contribution in [3.8, 4) is 11.5 Å². The van der Waals surface area contributed by atoms with E-state index in [2.05, 4.69) is 27.3 Å². The van der Waals surface area contributed by atoms with Crippen LogP contribution in [0.3, 0.4) is 0 Å². The zero-order valence-corrected chi connectivity index (χ0v) is 11.9. The van der Waals surface area contributed by atoms with Crippen molar-refractivity contribution < 1.29 is 4.74 Å². The molecule has 0 spiro atoms. The van der Waals surface area contributed by atoms with Crippen molar-refractivity contribution in [1.29, 1.82) is 0 Å². The average molecular weight is 273 g/mol. The maximum atomic E-state index is 5.53. The van der Waals surface area contributed by atoms with E-state index in [4.69, 9.17) is 4.74 Å². The molecule has 0 fully saturated rings. The second-order valence-corrected chi connectivity index (χ2v) is 4.93. The van der Waals surface area contributed by atoms with E-state index >= 15 is 0 Å². The molecule has 2 aromatic heterocycles. The predicted octanol–water partition coefficient (Wildman–Crippen LogP) is 1.77.